The predicted molar refractivity (Wildman–Crippen MR) is 100 cm³/mol. The smallest absolute Gasteiger partial charge is 0.0483 e. The van der Waals surface area contributed by atoms with Crippen molar-refractivity contribution in [2.24, 2.45) is 0 Å². The maximum absolute atomic E-state index is 6.52. The minimum Gasteiger partial charge on any atom is -0.310 e. The fraction of sp³-hybridized carbons (Fsp3) is 0.333. The molecule has 0 aliphatic carbocycles. The lowest BCUT2D eigenvalue weighted by atomic mass is 9.97. The molecule has 2 aromatic rings. The molecule has 0 aliphatic heterocycles. The first kappa shape index (κ1) is 16.8. The highest BCUT2D eigenvalue weighted by Crippen LogP contribution is 2.28. The SMILES string of the molecule is CCCNC(Cc1ccc(I)cc1)c1cccc(C)c1Cl. The summed E-state index contributed by atoms with van der Waals surface area (Å²) in [5, 5.41) is 4.52. The number of nitrogens with one attached hydrogen (secondary N) is 1. The van der Waals surface area contributed by atoms with Crippen molar-refractivity contribution in [3.8, 4) is 0 Å². The molecule has 0 saturated carbocycles. The summed E-state index contributed by atoms with van der Waals surface area (Å²) in [5.41, 5.74) is 3.67. The molecule has 3 heteroatoms. The average Bonchev–Trinajstić information content (AvgIpc) is 2.48. The normalized spacial score (nSPS) is 12.4. The molecule has 0 fully saturated rings. The molecule has 0 spiro atoms. The molecule has 2 rings (SSSR count). The van der Waals surface area contributed by atoms with Gasteiger partial charge >= 0.3 is 0 Å². The van der Waals surface area contributed by atoms with E-state index in [4.69, 9.17) is 11.6 Å². The summed E-state index contributed by atoms with van der Waals surface area (Å²) in [4.78, 5) is 0. The zero-order chi connectivity index (χ0) is 15.2. The summed E-state index contributed by atoms with van der Waals surface area (Å²) in [7, 11) is 0. The van der Waals surface area contributed by atoms with Crippen LogP contribution in [0.25, 0.3) is 0 Å². The summed E-state index contributed by atoms with van der Waals surface area (Å²) >= 11 is 8.85. The molecule has 0 bridgehead atoms. The van der Waals surface area contributed by atoms with Gasteiger partial charge in [0.2, 0.25) is 0 Å². The van der Waals surface area contributed by atoms with E-state index in [1.165, 1.54) is 14.7 Å². The first-order valence-corrected chi connectivity index (χ1v) is 8.80. The Morgan fingerprint density at radius 1 is 1.14 bits per heavy atom. The Labute approximate surface area is 146 Å². The van der Waals surface area contributed by atoms with Gasteiger partial charge in [-0.25, -0.2) is 0 Å². The molecule has 0 amide bonds. The topological polar surface area (TPSA) is 12.0 Å². The third kappa shape index (κ3) is 4.70. The van der Waals surface area contributed by atoms with E-state index < -0.39 is 0 Å². The number of hydrogen-bond donors (Lipinski definition) is 1. The Morgan fingerprint density at radius 3 is 2.52 bits per heavy atom. The van der Waals surface area contributed by atoms with Crippen LogP contribution in [0.4, 0.5) is 0 Å². The molecule has 1 unspecified atom stereocenters. The van der Waals surface area contributed by atoms with Crippen LogP contribution in [0.2, 0.25) is 5.02 Å². The number of rotatable bonds is 6. The van der Waals surface area contributed by atoms with Crippen LogP contribution in [-0.2, 0) is 6.42 Å². The van der Waals surface area contributed by atoms with Crippen LogP contribution in [0.3, 0.4) is 0 Å². The summed E-state index contributed by atoms with van der Waals surface area (Å²) in [6.07, 6.45) is 2.08. The molecule has 0 radical (unpaired) electrons. The van der Waals surface area contributed by atoms with Crippen molar-refractivity contribution in [1.29, 1.82) is 0 Å². The van der Waals surface area contributed by atoms with Crippen LogP contribution in [0.15, 0.2) is 42.5 Å². The lowest BCUT2D eigenvalue weighted by molar-refractivity contribution is 0.529. The van der Waals surface area contributed by atoms with Crippen molar-refractivity contribution in [1.82, 2.24) is 5.32 Å². The highest BCUT2D eigenvalue weighted by molar-refractivity contribution is 14.1. The van der Waals surface area contributed by atoms with E-state index in [2.05, 4.69) is 84.2 Å². The minimum absolute atomic E-state index is 0.261. The van der Waals surface area contributed by atoms with Gasteiger partial charge in [0.25, 0.3) is 0 Å². The zero-order valence-corrected chi connectivity index (χ0v) is 15.4. The van der Waals surface area contributed by atoms with Gasteiger partial charge in [0.1, 0.15) is 0 Å². The second-order valence-corrected chi connectivity index (χ2v) is 6.94. The van der Waals surface area contributed by atoms with Gasteiger partial charge in [-0.2, -0.15) is 0 Å². The molecule has 1 nitrogen and oxygen atoms in total. The van der Waals surface area contributed by atoms with Crippen molar-refractivity contribution in [2.75, 3.05) is 6.54 Å². The average molecular weight is 414 g/mol. The van der Waals surface area contributed by atoms with Crippen LogP contribution in [0, 0.1) is 10.5 Å². The van der Waals surface area contributed by atoms with Gasteiger partial charge in [-0.15, -0.1) is 0 Å². The van der Waals surface area contributed by atoms with E-state index in [1.54, 1.807) is 0 Å². The molecule has 2 aromatic carbocycles. The second-order valence-electron chi connectivity index (χ2n) is 5.32. The van der Waals surface area contributed by atoms with Crippen LogP contribution >= 0.6 is 34.2 Å². The van der Waals surface area contributed by atoms with Crippen molar-refractivity contribution in [2.45, 2.75) is 32.7 Å². The van der Waals surface area contributed by atoms with Crippen molar-refractivity contribution in [3.05, 3.63) is 67.7 Å². The second kappa shape index (κ2) is 8.16. The Bertz CT molecular complexity index is 580. The number of hydrogen-bond acceptors (Lipinski definition) is 1. The van der Waals surface area contributed by atoms with Crippen LogP contribution in [0.1, 0.15) is 36.1 Å². The van der Waals surface area contributed by atoms with E-state index in [0.29, 0.717) is 0 Å². The van der Waals surface area contributed by atoms with E-state index in [0.717, 1.165) is 30.0 Å². The molecule has 21 heavy (non-hydrogen) atoms. The van der Waals surface area contributed by atoms with Gasteiger partial charge in [-0.05, 0) is 77.7 Å². The number of aryl methyl sites for hydroxylation is 1. The van der Waals surface area contributed by atoms with E-state index in [-0.39, 0.29) is 6.04 Å². The molecule has 0 saturated heterocycles. The third-order valence-electron chi connectivity index (χ3n) is 3.59. The van der Waals surface area contributed by atoms with Gasteiger partial charge in [0.05, 0.1) is 0 Å². The Morgan fingerprint density at radius 2 is 1.86 bits per heavy atom. The van der Waals surface area contributed by atoms with Gasteiger partial charge in [0.15, 0.2) is 0 Å². The fourth-order valence-electron chi connectivity index (χ4n) is 2.41. The maximum Gasteiger partial charge on any atom is 0.0483 e. The lowest BCUT2D eigenvalue weighted by Crippen LogP contribution is -2.24. The van der Waals surface area contributed by atoms with Gasteiger partial charge < -0.3 is 5.32 Å². The molecule has 1 atom stereocenters. The summed E-state index contributed by atoms with van der Waals surface area (Å²) < 4.78 is 1.27. The number of benzene rings is 2. The quantitative estimate of drug-likeness (QED) is 0.613. The van der Waals surface area contributed by atoms with Crippen molar-refractivity contribution < 1.29 is 0 Å². The summed E-state index contributed by atoms with van der Waals surface area (Å²) in [5.74, 6) is 0. The third-order valence-corrected chi connectivity index (χ3v) is 4.83. The predicted octanol–water partition coefficient (Wildman–Crippen LogP) is 5.54. The van der Waals surface area contributed by atoms with Gasteiger partial charge in [0, 0.05) is 14.6 Å². The highest BCUT2D eigenvalue weighted by atomic mass is 127. The van der Waals surface area contributed by atoms with Crippen molar-refractivity contribution >= 4 is 34.2 Å². The molecule has 1 N–H and O–H groups in total. The standard InChI is InChI=1S/C18H21ClIN/c1-3-11-21-17(12-14-7-9-15(20)10-8-14)16-6-4-5-13(2)18(16)19/h4-10,17,21H,3,11-12H2,1-2H3. The Hall–Kier alpha value is -0.580. The molecule has 0 heterocycles. The number of halogens is 2. The first-order valence-electron chi connectivity index (χ1n) is 7.34. The summed E-state index contributed by atoms with van der Waals surface area (Å²) in [6.45, 7) is 5.25. The molecule has 112 valence electrons. The maximum atomic E-state index is 6.52. The Kier molecular flexibility index (Phi) is 6.52. The minimum atomic E-state index is 0.261. The van der Waals surface area contributed by atoms with E-state index >= 15 is 0 Å². The van der Waals surface area contributed by atoms with Gasteiger partial charge in [-0.3, -0.25) is 0 Å². The van der Waals surface area contributed by atoms with Crippen LogP contribution in [0.5, 0.6) is 0 Å². The van der Waals surface area contributed by atoms with Crippen molar-refractivity contribution in [3.63, 3.8) is 0 Å². The molecular weight excluding hydrogens is 393 g/mol. The Balaban J connectivity index is 2.25. The van der Waals surface area contributed by atoms with E-state index in [1.807, 2.05) is 0 Å². The van der Waals surface area contributed by atoms with E-state index in [9.17, 15) is 0 Å². The fourth-order valence-corrected chi connectivity index (χ4v) is 3.02. The molecule has 0 aliphatic rings. The molecule has 0 aromatic heterocycles. The van der Waals surface area contributed by atoms with Gasteiger partial charge in [-0.1, -0.05) is 48.9 Å². The first-order chi connectivity index (χ1) is 10.1. The van der Waals surface area contributed by atoms with Crippen LogP contribution < -0.4 is 5.32 Å². The zero-order valence-electron chi connectivity index (χ0n) is 12.5. The molecular formula is C18H21ClIN. The highest BCUT2D eigenvalue weighted by Gasteiger charge is 2.15. The monoisotopic (exact) mass is 413 g/mol. The van der Waals surface area contributed by atoms with Crippen LogP contribution in [-0.4, -0.2) is 6.54 Å². The lowest BCUT2D eigenvalue weighted by Gasteiger charge is -2.21. The largest absolute Gasteiger partial charge is 0.310 e. The summed E-state index contributed by atoms with van der Waals surface area (Å²) in [6, 6.07) is 15.3.